The van der Waals surface area contributed by atoms with E-state index in [-0.39, 0.29) is 55.3 Å². The molecular formula is C12H19NaO8S2. The molecule has 0 aliphatic rings. The van der Waals surface area contributed by atoms with Gasteiger partial charge in [0.05, 0.1) is 0 Å². The summed E-state index contributed by atoms with van der Waals surface area (Å²) in [6.07, 6.45) is 0.107. The van der Waals surface area contributed by atoms with Gasteiger partial charge in [0.2, 0.25) is 10.9 Å². The molecule has 0 bridgehead atoms. The van der Waals surface area contributed by atoms with Gasteiger partial charge in [-0.15, -0.1) is 0 Å². The summed E-state index contributed by atoms with van der Waals surface area (Å²) >= 11 is 0. The van der Waals surface area contributed by atoms with Crippen molar-refractivity contribution in [2.24, 2.45) is 0 Å². The zero-order valence-electron chi connectivity index (χ0n) is 14.0. The van der Waals surface area contributed by atoms with Crippen LogP contribution in [0.3, 0.4) is 0 Å². The maximum Gasteiger partial charge on any atom is 1.00 e. The molecule has 1 rings (SSSR count). The first-order chi connectivity index (χ1) is 10.1. The number of hydrogen-bond donors (Lipinski definition) is 2. The third-order valence-corrected chi connectivity index (χ3v) is 4.88. The third-order valence-electron chi connectivity index (χ3n) is 2.69. The molecule has 0 aliphatic heterocycles. The smallest absolute Gasteiger partial charge is 1.00 e. The van der Waals surface area contributed by atoms with Crippen LogP contribution < -0.4 is 39.0 Å². The Bertz CT molecular complexity index is 629. The average molecular weight is 378 g/mol. The van der Waals surface area contributed by atoms with E-state index < -0.39 is 31.1 Å². The van der Waals surface area contributed by atoms with Gasteiger partial charge in [0.25, 0.3) is 0 Å². The zero-order chi connectivity index (χ0) is 17.0. The van der Waals surface area contributed by atoms with Crippen LogP contribution in [0.1, 0.15) is 28.1 Å². The first kappa shape index (κ1) is 22.6. The Morgan fingerprint density at radius 1 is 0.870 bits per heavy atom. The molecule has 1 aromatic carbocycles. The quantitative estimate of drug-likeness (QED) is 0.427. The maximum atomic E-state index is 11.0. The topological polar surface area (TPSA) is 127 Å². The van der Waals surface area contributed by atoms with Crippen molar-refractivity contribution in [1.29, 1.82) is 0 Å². The number of hydrogen-bond acceptors (Lipinski definition) is 6. The minimum absolute atomic E-state index is 0. The van der Waals surface area contributed by atoms with Crippen molar-refractivity contribution in [3.8, 4) is 11.5 Å². The number of rotatable bonds is 8. The third kappa shape index (κ3) is 7.38. The van der Waals surface area contributed by atoms with Crippen LogP contribution >= 0.6 is 0 Å². The Balaban J connectivity index is 0. The van der Waals surface area contributed by atoms with Crippen LogP contribution in [0, 0.1) is 0 Å². The molecule has 0 radical (unpaired) electrons. The van der Waals surface area contributed by atoms with E-state index in [1.165, 1.54) is 38.1 Å². The normalized spacial score (nSPS) is 14.4. The average Bonchev–Trinajstić information content (AvgIpc) is 2.40. The molecule has 0 spiro atoms. The van der Waals surface area contributed by atoms with Crippen molar-refractivity contribution in [1.82, 2.24) is 0 Å². The van der Waals surface area contributed by atoms with Crippen LogP contribution in [0.5, 0.6) is 11.5 Å². The van der Waals surface area contributed by atoms with Crippen LogP contribution in [-0.4, -0.2) is 36.8 Å². The van der Waals surface area contributed by atoms with Gasteiger partial charge in [-0.05, 0) is 37.1 Å². The molecule has 0 fully saturated rings. The number of benzene rings is 1. The first-order valence-corrected chi connectivity index (χ1v) is 9.44. The second-order valence-electron chi connectivity index (χ2n) is 4.41. The van der Waals surface area contributed by atoms with E-state index in [0.29, 0.717) is 0 Å². The van der Waals surface area contributed by atoms with E-state index >= 15 is 0 Å². The molecule has 11 heteroatoms. The minimum atomic E-state index is -4.33. The Morgan fingerprint density at radius 2 is 1.13 bits per heavy atom. The molecule has 2 N–H and O–H groups in total. The molecule has 8 nitrogen and oxygen atoms in total. The molecular weight excluding hydrogens is 359 g/mol. The van der Waals surface area contributed by atoms with Crippen molar-refractivity contribution in [2.45, 2.75) is 37.6 Å². The predicted molar refractivity (Wildman–Crippen MR) is 80.1 cm³/mol. The standard InChI is InChI=1S/C12H18O8S2.Na.H/c1-3-11(21(13,14)15)19-9-5-7-10(8-6-9)20-12(4-2)22(16,17)18;;/h5-8,11-12H,3-4H2,1-2H3,(H,13,14,15)(H,16,17,18);;/q;+1;-1. The summed E-state index contributed by atoms with van der Waals surface area (Å²) in [6, 6.07) is 5.44. The molecule has 0 aromatic heterocycles. The Hall–Kier alpha value is -0.360. The van der Waals surface area contributed by atoms with Gasteiger partial charge in [-0.2, -0.15) is 16.8 Å². The van der Waals surface area contributed by atoms with Gasteiger partial charge in [0.15, 0.2) is 0 Å². The van der Waals surface area contributed by atoms with Crippen LogP contribution in [0.2, 0.25) is 0 Å². The summed E-state index contributed by atoms with van der Waals surface area (Å²) < 4.78 is 72.3. The van der Waals surface area contributed by atoms with E-state index in [0.717, 1.165) is 0 Å². The largest absolute Gasteiger partial charge is 1.00 e. The Morgan fingerprint density at radius 3 is 1.30 bits per heavy atom. The van der Waals surface area contributed by atoms with E-state index in [2.05, 4.69) is 0 Å². The van der Waals surface area contributed by atoms with Gasteiger partial charge in [-0.25, -0.2) is 0 Å². The van der Waals surface area contributed by atoms with Crippen molar-refractivity contribution >= 4 is 20.2 Å². The molecule has 0 amide bonds. The van der Waals surface area contributed by atoms with Gasteiger partial charge in [-0.3, -0.25) is 9.11 Å². The van der Waals surface area contributed by atoms with Crippen molar-refractivity contribution in [2.75, 3.05) is 0 Å². The summed E-state index contributed by atoms with van der Waals surface area (Å²) in [4.78, 5) is 0. The molecule has 0 saturated carbocycles. The zero-order valence-corrected chi connectivity index (χ0v) is 16.7. The first-order valence-electron chi connectivity index (χ1n) is 6.43. The van der Waals surface area contributed by atoms with Gasteiger partial charge >= 0.3 is 49.8 Å². The van der Waals surface area contributed by atoms with Crippen molar-refractivity contribution in [3.63, 3.8) is 0 Å². The van der Waals surface area contributed by atoms with Gasteiger partial charge < -0.3 is 10.9 Å². The van der Waals surface area contributed by atoms with Gasteiger partial charge in [0.1, 0.15) is 11.5 Å². The summed E-state index contributed by atoms with van der Waals surface area (Å²) in [5.41, 5.74) is -2.78. The van der Waals surface area contributed by atoms with Crippen LogP contribution in [0.25, 0.3) is 0 Å². The number of ether oxygens (including phenoxy) is 2. The van der Waals surface area contributed by atoms with Crippen LogP contribution in [0.4, 0.5) is 0 Å². The maximum absolute atomic E-state index is 11.0. The molecule has 128 valence electrons. The predicted octanol–water partition coefficient (Wildman–Crippen LogP) is -1.19. The summed E-state index contributed by atoms with van der Waals surface area (Å²) in [6.45, 7) is 3.07. The van der Waals surface area contributed by atoms with Crippen LogP contribution in [0.15, 0.2) is 24.3 Å². The van der Waals surface area contributed by atoms with E-state index in [1.807, 2.05) is 0 Å². The van der Waals surface area contributed by atoms with Crippen molar-refractivity contribution in [3.05, 3.63) is 24.3 Å². The van der Waals surface area contributed by atoms with Crippen LogP contribution in [-0.2, 0) is 20.2 Å². The monoisotopic (exact) mass is 378 g/mol. The second-order valence-corrected chi connectivity index (χ2v) is 7.52. The SMILES string of the molecule is CCC(Oc1ccc(OC(CC)S(=O)(=O)O)cc1)S(=O)(=O)O.[H-].[Na+]. The van der Waals surface area contributed by atoms with Crippen molar-refractivity contribution < 1.29 is 66.4 Å². The molecule has 23 heavy (non-hydrogen) atoms. The van der Waals surface area contributed by atoms with E-state index in [4.69, 9.17) is 18.6 Å². The molecule has 0 aliphatic carbocycles. The summed E-state index contributed by atoms with van der Waals surface area (Å²) in [5.74, 6) is 0.327. The Labute approximate surface area is 159 Å². The molecule has 0 saturated heterocycles. The van der Waals surface area contributed by atoms with Gasteiger partial charge in [0, 0.05) is 0 Å². The molecule has 2 unspecified atom stereocenters. The van der Waals surface area contributed by atoms with E-state index in [9.17, 15) is 16.8 Å². The van der Waals surface area contributed by atoms with E-state index in [1.54, 1.807) is 0 Å². The van der Waals surface area contributed by atoms with Gasteiger partial charge in [-0.1, -0.05) is 13.8 Å². The Kier molecular flexibility index (Phi) is 9.06. The molecule has 2 atom stereocenters. The molecule has 0 heterocycles. The summed E-state index contributed by atoms with van der Waals surface area (Å²) in [7, 11) is -8.66. The fourth-order valence-electron chi connectivity index (χ4n) is 1.61. The fourth-order valence-corrected chi connectivity index (χ4v) is 2.92. The second kappa shape index (κ2) is 9.21. The fraction of sp³-hybridized carbons (Fsp3) is 0.500. The minimum Gasteiger partial charge on any atom is -1.00 e. The molecule has 1 aromatic rings. The summed E-state index contributed by atoms with van der Waals surface area (Å²) in [5, 5.41) is 0.